The second kappa shape index (κ2) is 9.43. The summed E-state index contributed by atoms with van der Waals surface area (Å²) >= 11 is 5.06. The van der Waals surface area contributed by atoms with E-state index in [0.717, 1.165) is 41.2 Å². The Morgan fingerprint density at radius 1 is 1.10 bits per heavy atom. The Morgan fingerprint density at radius 2 is 1.81 bits per heavy atom. The second-order valence-electron chi connectivity index (χ2n) is 8.24. The quantitative estimate of drug-likeness (QED) is 0.393. The van der Waals surface area contributed by atoms with Crippen molar-refractivity contribution in [2.24, 2.45) is 0 Å². The lowest BCUT2D eigenvalue weighted by atomic mass is 10.0. The second-order valence-corrected chi connectivity index (χ2v) is 11.9. The third-order valence-corrected chi connectivity index (χ3v) is 9.85. The van der Waals surface area contributed by atoms with E-state index in [4.69, 9.17) is 4.98 Å². The fourth-order valence-corrected chi connectivity index (χ4v) is 7.01. The van der Waals surface area contributed by atoms with E-state index in [2.05, 4.69) is 58.3 Å². The topological polar surface area (TPSA) is 50.3 Å². The molecule has 0 saturated carbocycles. The Kier molecular flexibility index (Phi) is 6.84. The van der Waals surface area contributed by atoms with Gasteiger partial charge in [-0.2, -0.15) is 0 Å². The summed E-state index contributed by atoms with van der Waals surface area (Å²) in [6, 6.07) is 13.8. The van der Waals surface area contributed by atoms with E-state index in [-0.39, 0.29) is 5.25 Å². The van der Waals surface area contributed by atoms with Crippen molar-refractivity contribution in [3.05, 3.63) is 75.8 Å². The lowest BCUT2D eigenvalue weighted by Gasteiger charge is -2.31. The summed E-state index contributed by atoms with van der Waals surface area (Å²) in [5.74, 6) is 0. The first-order valence-electron chi connectivity index (χ1n) is 10.5. The summed E-state index contributed by atoms with van der Waals surface area (Å²) in [4.78, 5) is 7.52. The van der Waals surface area contributed by atoms with Gasteiger partial charge in [-0.05, 0) is 55.5 Å². The van der Waals surface area contributed by atoms with Gasteiger partial charge < -0.3 is 4.90 Å². The number of halogens is 1. The predicted molar refractivity (Wildman–Crippen MR) is 132 cm³/mol. The molecule has 2 aromatic carbocycles. The van der Waals surface area contributed by atoms with Crippen LogP contribution >= 0.6 is 27.3 Å². The normalized spacial score (nSPS) is 15.4. The molecular formula is C24H27BrN2O2S2. The number of sulfone groups is 1. The molecule has 3 aromatic rings. The Hall–Kier alpha value is -1.70. The van der Waals surface area contributed by atoms with E-state index < -0.39 is 9.84 Å². The molecule has 2 heterocycles. The maximum absolute atomic E-state index is 13.1. The lowest BCUT2D eigenvalue weighted by molar-refractivity contribution is 0.529. The number of piperidine rings is 1. The van der Waals surface area contributed by atoms with Gasteiger partial charge in [0, 0.05) is 30.2 Å². The highest BCUT2D eigenvalue weighted by Crippen LogP contribution is 2.30. The van der Waals surface area contributed by atoms with Gasteiger partial charge in [0.15, 0.2) is 15.0 Å². The molecule has 7 heteroatoms. The molecule has 1 fully saturated rings. The fourth-order valence-electron chi connectivity index (χ4n) is 4.03. The van der Waals surface area contributed by atoms with Crippen LogP contribution in [0.4, 0.5) is 5.13 Å². The Bertz CT molecular complexity index is 1150. The van der Waals surface area contributed by atoms with Crippen LogP contribution in [0, 0.1) is 13.8 Å². The van der Waals surface area contributed by atoms with Crippen LogP contribution in [0.3, 0.4) is 0 Å². The highest BCUT2D eigenvalue weighted by Gasteiger charge is 2.32. The number of rotatable bonds is 6. The van der Waals surface area contributed by atoms with Gasteiger partial charge in [0.25, 0.3) is 0 Å². The molecule has 1 saturated heterocycles. The van der Waals surface area contributed by atoms with Gasteiger partial charge in [-0.1, -0.05) is 51.8 Å². The minimum absolute atomic E-state index is 0.326. The van der Waals surface area contributed by atoms with Crippen LogP contribution in [-0.2, 0) is 21.6 Å². The predicted octanol–water partition coefficient (Wildman–Crippen LogP) is 5.69. The number of thiazole rings is 1. The number of hydrogen-bond acceptors (Lipinski definition) is 5. The van der Waals surface area contributed by atoms with E-state index >= 15 is 0 Å². The van der Waals surface area contributed by atoms with Crippen LogP contribution in [0.2, 0.25) is 0 Å². The third-order valence-electron chi connectivity index (χ3n) is 5.97. The maximum atomic E-state index is 13.1. The maximum Gasteiger partial charge on any atom is 0.185 e. The first-order chi connectivity index (χ1) is 14.9. The minimum atomic E-state index is -3.30. The van der Waals surface area contributed by atoms with Crippen molar-refractivity contribution < 1.29 is 8.42 Å². The van der Waals surface area contributed by atoms with Gasteiger partial charge in [-0.25, -0.2) is 13.4 Å². The smallest absolute Gasteiger partial charge is 0.185 e. The number of hydrogen-bond donors (Lipinski definition) is 0. The van der Waals surface area contributed by atoms with Gasteiger partial charge in [-0.3, -0.25) is 0 Å². The molecule has 164 valence electrons. The zero-order valence-corrected chi connectivity index (χ0v) is 21.1. The number of benzene rings is 2. The third kappa shape index (κ3) is 5.04. The lowest BCUT2D eigenvalue weighted by Crippen LogP contribution is -2.39. The number of anilines is 1. The summed E-state index contributed by atoms with van der Waals surface area (Å²) in [6.07, 6.45) is 2.10. The van der Waals surface area contributed by atoms with E-state index in [1.807, 2.05) is 12.1 Å². The van der Waals surface area contributed by atoms with Gasteiger partial charge in [0.2, 0.25) is 0 Å². The minimum Gasteiger partial charge on any atom is -0.348 e. The van der Waals surface area contributed by atoms with Crippen molar-refractivity contribution in [3.8, 4) is 0 Å². The molecule has 0 radical (unpaired) electrons. The molecule has 1 aromatic heterocycles. The fraction of sp³-hybridized carbons (Fsp3) is 0.375. The molecular weight excluding hydrogens is 492 g/mol. The van der Waals surface area contributed by atoms with Crippen LogP contribution < -0.4 is 4.90 Å². The van der Waals surface area contributed by atoms with Crippen molar-refractivity contribution in [1.29, 1.82) is 0 Å². The molecule has 0 amide bonds. The average Bonchev–Trinajstić information content (AvgIpc) is 3.25. The first kappa shape index (κ1) is 22.5. The molecule has 1 aliphatic rings. The number of aromatic nitrogens is 1. The highest BCUT2D eigenvalue weighted by atomic mass is 79.9. The SMILES string of the molecule is Cc1ccc(C)c(Cc2csc(N3CCC(S(=O)(=O)c4ccc(CBr)cc4)CC3)n2)c1. The zero-order chi connectivity index (χ0) is 22.0. The van der Waals surface area contributed by atoms with Gasteiger partial charge >= 0.3 is 0 Å². The Balaban J connectivity index is 1.40. The largest absolute Gasteiger partial charge is 0.348 e. The van der Waals surface area contributed by atoms with E-state index in [1.165, 1.54) is 16.7 Å². The van der Waals surface area contributed by atoms with Crippen molar-refractivity contribution in [1.82, 2.24) is 4.98 Å². The summed E-state index contributed by atoms with van der Waals surface area (Å²) in [6.45, 7) is 5.70. The van der Waals surface area contributed by atoms with Gasteiger partial charge in [0.05, 0.1) is 15.8 Å². The Labute approximate surface area is 197 Å². The van der Waals surface area contributed by atoms with Crippen molar-refractivity contribution >= 4 is 42.2 Å². The Morgan fingerprint density at radius 3 is 2.48 bits per heavy atom. The molecule has 4 rings (SSSR count). The number of aryl methyl sites for hydroxylation is 2. The molecule has 0 atom stereocenters. The molecule has 31 heavy (non-hydrogen) atoms. The van der Waals surface area contributed by atoms with Crippen LogP contribution in [-0.4, -0.2) is 31.7 Å². The molecule has 0 bridgehead atoms. The van der Waals surface area contributed by atoms with Crippen molar-refractivity contribution in [2.75, 3.05) is 18.0 Å². The summed E-state index contributed by atoms with van der Waals surface area (Å²) in [5.41, 5.74) is 6.02. The highest BCUT2D eigenvalue weighted by molar-refractivity contribution is 9.08. The van der Waals surface area contributed by atoms with E-state index in [1.54, 1.807) is 23.5 Å². The van der Waals surface area contributed by atoms with Crippen LogP contribution in [0.5, 0.6) is 0 Å². The van der Waals surface area contributed by atoms with E-state index in [0.29, 0.717) is 17.7 Å². The number of alkyl halides is 1. The molecule has 1 aliphatic heterocycles. The standard InChI is InChI=1S/C24H27BrN2O2S2/c1-17-3-4-18(2)20(13-17)14-21-16-30-24(26-21)27-11-9-23(10-12-27)31(28,29)22-7-5-19(15-25)6-8-22/h3-8,13,16,23H,9-12,14-15H2,1-2H3. The summed E-state index contributed by atoms with van der Waals surface area (Å²) < 4.78 is 26.1. The molecule has 0 N–H and O–H groups in total. The van der Waals surface area contributed by atoms with Crippen LogP contribution in [0.1, 0.15) is 40.8 Å². The monoisotopic (exact) mass is 518 g/mol. The average molecular weight is 520 g/mol. The molecule has 0 spiro atoms. The molecule has 4 nitrogen and oxygen atoms in total. The van der Waals surface area contributed by atoms with Crippen LogP contribution in [0.25, 0.3) is 0 Å². The van der Waals surface area contributed by atoms with Crippen LogP contribution in [0.15, 0.2) is 52.7 Å². The number of nitrogens with zero attached hydrogens (tertiary/aromatic N) is 2. The molecule has 0 unspecified atom stereocenters. The summed E-state index contributed by atoms with van der Waals surface area (Å²) in [5, 5.41) is 3.53. The van der Waals surface area contributed by atoms with Gasteiger partial charge in [-0.15, -0.1) is 11.3 Å². The molecule has 0 aliphatic carbocycles. The summed E-state index contributed by atoms with van der Waals surface area (Å²) in [7, 11) is -3.30. The van der Waals surface area contributed by atoms with E-state index in [9.17, 15) is 8.42 Å². The van der Waals surface area contributed by atoms with Crippen molar-refractivity contribution in [3.63, 3.8) is 0 Å². The van der Waals surface area contributed by atoms with Gasteiger partial charge in [0.1, 0.15) is 0 Å². The zero-order valence-electron chi connectivity index (χ0n) is 17.8. The van der Waals surface area contributed by atoms with Crippen molar-refractivity contribution in [2.45, 2.75) is 48.6 Å². The first-order valence-corrected chi connectivity index (χ1v) is 14.1.